The van der Waals surface area contributed by atoms with Crippen LogP contribution >= 0.6 is 0 Å². The van der Waals surface area contributed by atoms with Gasteiger partial charge in [0.25, 0.3) is 0 Å². The summed E-state index contributed by atoms with van der Waals surface area (Å²) in [7, 11) is 0. The Kier molecular flexibility index (Phi) is 13.3. The van der Waals surface area contributed by atoms with E-state index in [0.717, 1.165) is 80.6 Å². The molecule has 4 aromatic rings. The maximum absolute atomic E-state index is 14.6. The predicted molar refractivity (Wildman–Crippen MR) is 273 cm³/mol. The van der Waals surface area contributed by atoms with Crippen LogP contribution < -0.4 is 29.2 Å². The maximum Gasteiger partial charge on any atom is 0.231 e. The highest BCUT2D eigenvalue weighted by Crippen LogP contribution is 2.51. The van der Waals surface area contributed by atoms with Crippen molar-refractivity contribution in [1.29, 1.82) is 0 Å². The number of likely N-dealkylation sites (N-methyl/N-ethyl adjacent to an activating group) is 2. The number of carbonyl (C=O) groups excluding carboxylic acids is 1. The van der Waals surface area contributed by atoms with Crippen molar-refractivity contribution in [1.82, 2.24) is 0 Å². The summed E-state index contributed by atoms with van der Waals surface area (Å²) in [6.07, 6.45) is 12.1. The second kappa shape index (κ2) is 18.9. The number of para-hydroxylation sites is 2. The third kappa shape index (κ3) is 8.34. The first-order valence-electron chi connectivity index (χ1n) is 24.4. The van der Waals surface area contributed by atoms with Crippen LogP contribution in [-0.4, -0.2) is 57.8 Å². The summed E-state index contributed by atoms with van der Waals surface area (Å²) in [6.45, 7) is 28.3. The van der Waals surface area contributed by atoms with Crippen LogP contribution in [0.4, 0.5) is 34.1 Å². The third-order valence-electron chi connectivity index (χ3n) is 14.5. The first kappa shape index (κ1) is 45.7. The molecule has 4 aromatic carbocycles. The van der Waals surface area contributed by atoms with E-state index in [0.29, 0.717) is 30.9 Å². The highest BCUT2D eigenvalue weighted by atomic mass is 16.5. The van der Waals surface area contributed by atoms with Crippen LogP contribution in [0, 0.1) is 0 Å². The zero-order chi connectivity index (χ0) is 46.0. The largest absolute Gasteiger partial charge is 0.493 e. The summed E-state index contributed by atoms with van der Waals surface area (Å²) in [5.74, 6) is 2.38. The lowest BCUT2D eigenvalue weighted by Crippen LogP contribution is -2.39. The molecule has 0 saturated heterocycles. The molecule has 0 bridgehead atoms. The van der Waals surface area contributed by atoms with E-state index >= 15 is 0 Å². The standard InChI is InChI=1S/C57H71N5O3/c1-11-58(12-2)42-31-33-48-50(38-42)65-51-39-43(59(13-3)14-4)32-34-49(51)62(48)54(63)26-21-37-64-55-40(29-35-52-56(7,8)44-22-17-19-24-46(44)60(52)15-5)27-28-41(55)30-36-53-57(9,10)45-23-18-20-25-47(45)61(53)16-6/h17-20,22-25,29-36,38-39,52H,11-16,21,26-28,37H2,1-10H3/b35-29+,41-30+,53-36+. The summed E-state index contributed by atoms with van der Waals surface area (Å²) in [6, 6.07) is 30.3. The van der Waals surface area contributed by atoms with Crippen LogP contribution in [-0.2, 0) is 20.4 Å². The number of hydrogen-bond acceptors (Lipinski definition) is 7. The van der Waals surface area contributed by atoms with Gasteiger partial charge in [0, 0.05) is 97.1 Å². The van der Waals surface area contributed by atoms with E-state index in [1.54, 1.807) is 0 Å². The summed E-state index contributed by atoms with van der Waals surface area (Å²) >= 11 is 0. The Balaban J connectivity index is 1.08. The zero-order valence-corrected chi connectivity index (χ0v) is 40.7. The van der Waals surface area contributed by atoms with Crippen molar-refractivity contribution in [2.24, 2.45) is 0 Å². The fraction of sp³-hybridized carbons (Fsp3) is 0.421. The van der Waals surface area contributed by atoms with Gasteiger partial charge in [0.1, 0.15) is 5.76 Å². The Morgan fingerprint density at radius 2 is 1.32 bits per heavy atom. The molecule has 0 N–H and O–H groups in total. The smallest absolute Gasteiger partial charge is 0.231 e. The summed E-state index contributed by atoms with van der Waals surface area (Å²) in [5.41, 5.74) is 12.6. The van der Waals surface area contributed by atoms with Crippen molar-refractivity contribution in [3.8, 4) is 11.5 Å². The van der Waals surface area contributed by atoms with E-state index in [1.807, 2.05) is 17.0 Å². The fourth-order valence-corrected chi connectivity index (χ4v) is 10.9. The van der Waals surface area contributed by atoms with E-state index in [4.69, 9.17) is 9.47 Å². The van der Waals surface area contributed by atoms with Gasteiger partial charge in [0.2, 0.25) is 5.91 Å². The lowest BCUT2D eigenvalue weighted by molar-refractivity contribution is -0.118. The molecule has 1 unspecified atom stereocenters. The van der Waals surface area contributed by atoms with E-state index < -0.39 is 0 Å². The van der Waals surface area contributed by atoms with Crippen molar-refractivity contribution in [2.45, 2.75) is 112 Å². The van der Waals surface area contributed by atoms with Gasteiger partial charge in [0.15, 0.2) is 11.5 Å². The first-order valence-corrected chi connectivity index (χ1v) is 24.4. The lowest BCUT2D eigenvalue weighted by atomic mass is 9.80. The predicted octanol–water partition coefficient (Wildman–Crippen LogP) is 13.4. The van der Waals surface area contributed by atoms with Gasteiger partial charge in [-0.1, -0.05) is 82.3 Å². The van der Waals surface area contributed by atoms with Gasteiger partial charge in [-0.05, 0) is 126 Å². The van der Waals surface area contributed by atoms with Crippen LogP contribution in [0.25, 0.3) is 0 Å². The minimum Gasteiger partial charge on any atom is -0.493 e. The molecular weight excluding hydrogens is 803 g/mol. The maximum atomic E-state index is 14.6. The minimum absolute atomic E-state index is 0.0250. The summed E-state index contributed by atoms with van der Waals surface area (Å²) in [5, 5.41) is 0. The number of carbonyl (C=O) groups is 1. The molecule has 8 rings (SSSR count). The Morgan fingerprint density at radius 3 is 1.92 bits per heavy atom. The second-order valence-corrected chi connectivity index (χ2v) is 18.7. The number of anilines is 6. The molecule has 342 valence electrons. The number of fused-ring (bicyclic) bond motifs is 4. The average Bonchev–Trinajstić information content (AvgIpc) is 3.88. The van der Waals surface area contributed by atoms with Crippen LogP contribution in [0.3, 0.4) is 0 Å². The van der Waals surface area contributed by atoms with Crippen molar-refractivity contribution < 1.29 is 14.3 Å². The number of rotatable bonds is 16. The quantitative estimate of drug-likeness (QED) is 0.104. The molecule has 1 atom stereocenters. The Bertz CT molecular complexity index is 2460. The molecule has 8 nitrogen and oxygen atoms in total. The van der Waals surface area contributed by atoms with E-state index in [1.165, 1.54) is 39.3 Å². The number of hydrogen-bond donors (Lipinski definition) is 0. The van der Waals surface area contributed by atoms with Crippen molar-refractivity contribution in [3.05, 3.63) is 143 Å². The first-order chi connectivity index (χ1) is 31.4. The zero-order valence-electron chi connectivity index (χ0n) is 40.7. The number of ether oxygens (including phenoxy) is 2. The molecule has 3 aliphatic heterocycles. The minimum atomic E-state index is -0.126. The van der Waals surface area contributed by atoms with Crippen molar-refractivity contribution in [3.63, 3.8) is 0 Å². The van der Waals surface area contributed by atoms with Gasteiger partial charge in [-0.2, -0.15) is 0 Å². The van der Waals surface area contributed by atoms with Crippen LogP contribution in [0.2, 0.25) is 0 Å². The summed E-state index contributed by atoms with van der Waals surface area (Å²) < 4.78 is 13.5. The van der Waals surface area contributed by atoms with Crippen LogP contribution in [0.5, 0.6) is 11.5 Å². The van der Waals surface area contributed by atoms with E-state index in [9.17, 15) is 4.79 Å². The summed E-state index contributed by atoms with van der Waals surface area (Å²) in [4.78, 5) is 26.0. The average molecular weight is 874 g/mol. The SMILES string of the molecule is CCN(CC)c1ccc2c(c1)Oc1cc(N(CC)CC)ccc1N2C(=O)CCCOC1=C(/C=C/C2N(CC)c3ccccc3C2(C)C)CC/C1=C\C=C1\N(CC)c2ccccc2C1(C)C. The Labute approximate surface area is 389 Å². The van der Waals surface area contributed by atoms with Crippen LogP contribution in [0.15, 0.2) is 132 Å². The van der Waals surface area contributed by atoms with Gasteiger partial charge in [0.05, 0.1) is 24.0 Å². The molecule has 0 radical (unpaired) electrons. The van der Waals surface area contributed by atoms with E-state index in [2.05, 4.69) is 186 Å². The van der Waals surface area contributed by atoms with E-state index in [-0.39, 0.29) is 22.8 Å². The molecule has 65 heavy (non-hydrogen) atoms. The highest BCUT2D eigenvalue weighted by Gasteiger charge is 2.43. The molecule has 4 aliphatic rings. The number of benzene rings is 4. The molecule has 1 amide bonds. The van der Waals surface area contributed by atoms with Crippen LogP contribution in [0.1, 0.15) is 106 Å². The van der Waals surface area contributed by atoms with Gasteiger partial charge < -0.3 is 29.1 Å². The topological polar surface area (TPSA) is 51.7 Å². The molecule has 8 heteroatoms. The monoisotopic (exact) mass is 874 g/mol. The Hall–Kier alpha value is -5.89. The highest BCUT2D eigenvalue weighted by molar-refractivity contribution is 6.05. The van der Waals surface area contributed by atoms with Crippen molar-refractivity contribution in [2.75, 3.05) is 70.4 Å². The normalized spacial score (nSPS) is 19.2. The lowest BCUT2D eigenvalue weighted by Gasteiger charge is -2.33. The van der Waals surface area contributed by atoms with Gasteiger partial charge >= 0.3 is 0 Å². The molecule has 0 saturated carbocycles. The molecule has 3 heterocycles. The van der Waals surface area contributed by atoms with Gasteiger partial charge in [-0.15, -0.1) is 0 Å². The molecule has 0 aromatic heterocycles. The molecule has 1 aliphatic carbocycles. The third-order valence-corrected chi connectivity index (χ3v) is 14.5. The second-order valence-electron chi connectivity index (χ2n) is 18.7. The molecule has 0 spiro atoms. The Morgan fingerprint density at radius 1 is 0.723 bits per heavy atom. The van der Waals surface area contributed by atoms with Crippen molar-refractivity contribution >= 4 is 40.0 Å². The number of amides is 1. The molecular formula is C57H71N5O3. The van der Waals surface area contributed by atoms with Gasteiger partial charge in [-0.3, -0.25) is 9.69 Å². The number of nitrogens with zero attached hydrogens (tertiary/aromatic N) is 5. The number of allylic oxidation sites excluding steroid dienone is 6. The fourth-order valence-electron chi connectivity index (χ4n) is 10.9. The van der Waals surface area contributed by atoms with Gasteiger partial charge in [-0.25, -0.2) is 0 Å². The molecule has 0 fully saturated rings.